The van der Waals surface area contributed by atoms with Crippen LogP contribution in [0.4, 0.5) is 0 Å². The summed E-state index contributed by atoms with van der Waals surface area (Å²) in [5, 5.41) is 7.96. The van der Waals surface area contributed by atoms with Gasteiger partial charge in [0.05, 0.1) is 6.54 Å². The summed E-state index contributed by atoms with van der Waals surface area (Å²) < 4.78 is 5.46. The molecule has 6 heteroatoms. The highest BCUT2D eigenvalue weighted by molar-refractivity contribution is 5.10. The number of hydrogen-bond acceptors (Lipinski definition) is 6. The van der Waals surface area contributed by atoms with E-state index in [0.29, 0.717) is 17.8 Å². The molecule has 1 fully saturated rings. The first-order valence-electron chi connectivity index (χ1n) is 7.81. The Balaban J connectivity index is 1.45. The molecule has 22 heavy (non-hydrogen) atoms. The molecule has 6 nitrogen and oxygen atoms in total. The lowest BCUT2D eigenvalue weighted by atomic mass is 10.2. The lowest BCUT2D eigenvalue weighted by Gasteiger charge is -2.23. The topological polar surface area (TPSA) is 58.3 Å². The molecule has 0 N–H and O–H groups in total. The zero-order chi connectivity index (χ0) is 15.4. The molecule has 0 saturated carbocycles. The third-order valence-electron chi connectivity index (χ3n) is 4.29. The van der Waals surface area contributed by atoms with Crippen molar-refractivity contribution in [3.8, 4) is 0 Å². The molecule has 3 rings (SSSR count). The van der Waals surface area contributed by atoms with Gasteiger partial charge in [0.15, 0.2) is 0 Å². The summed E-state index contributed by atoms with van der Waals surface area (Å²) in [5.74, 6) is 1.34. The largest absolute Gasteiger partial charge is 0.424 e. The van der Waals surface area contributed by atoms with E-state index in [1.807, 2.05) is 19.3 Å². The number of likely N-dealkylation sites (N-methyl/N-ethyl adjacent to an activating group) is 1. The molecule has 0 aliphatic carbocycles. The van der Waals surface area contributed by atoms with Gasteiger partial charge in [-0.1, -0.05) is 0 Å². The molecule has 2 aromatic heterocycles. The maximum Gasteiger partial charge on any atom is 0.230 e. The number of likely N-dealkylation sites (tertiary alicyclic amines) is 1. The number of rotatable bonds is 6. The van der Waals surface area contributed by atoms with Crippen LogP contribution >= 0.6 is 0 Å². The van der Waals surface area contributed by atoms with Crippen LogP contribution in [0, 0.1) is 6.92 Å². The lowest BCUT2D eigenvalue weighted by Crippen LogP contribution is -2.34. The van der Waals surface area contributed by atoms with Gasteiger partial charge < -0.3 is 9.32 Å². The third-order valence-corrected chi connectivity index (χ3v) is 4.29. The quantitative estimate of drug-likeness (QED) is 0.806. The highest BCUT2D eigenvalue weighted by Crippen LogP contribution is 2.17. The summed E-state index contributed by atoms with van der Waals surface area (Å²) in [4.78, 5) is 8.91. The van der Waals surface area contributed by atoms with Crippen molar-refractivity contribution in [1.82, 2.24) is 25.0 Å². The van der Waals surface area contributed by atoms with E-state index in [-0.39, 0.29) is 0 Å². The molecule has 0 spiro atoms. The van der Waals surface area contributed by atoms with Gasteiger partial charge in [0.25, 0.3) is 0 Å². The Morgan fingerprint density at radius 3 is 2.86 bits per heavy atom. The van der Waals surface area contributed by atoms with Crippen LogP contribution in [0.5, 0.6) is 0 Å². The Labute approximate surface area is 131 Å². The molecule has 1 atom stereocenters. The molecule has 118 valence electrons. The molecule has 1 saturated heterocycles. The van der Waals surface area contributed by atoms with Crippen molar-refractivity contribution in [3.63, 3.8) is 0 Å². The lowest BCUT2D eigenvalue weighted by molar-refractivity contribution is 0.206. The van der Waals surface area contributed by atoms with Crippen molar-refractivity contribution in [2.24, 2.45) is 0 Å². The zero-order valence-corrected chi connectivity index (χ0v) is 13.3. The molecular formula is C16H23N5O. The maximum atomic E-state index is 5.46. The van der Waals surface area contributed by atoms with Crippen LogP contribution in [0.25, 0.3) is 0 Å². The Morgan fingerprint density at radius 1 is 1.32 bits per heavy atom. The van der Waals surface area contributed by atoms with Gasteiger partial charge in [-0.15, -0.1) is 10.2 Å². The van der Waals surface area contributed by atoms with Crippen LogP contribution in [-0.2, 0) is 13.0 Å². The Kier molecular flexibility index (Phi) is 4.80. The van der Waals surface area contributed by atoms with Gasteiger partial charge in [-0.25, -0.2) is 0 Å². The molecule has 0 bridgehead atoms. The minimum atomic E-state index is 0.560. The first-order chi connectivity index (χ1) is 10.7. The summed E-state index contributed by atoms with van der Waals surface area (Å²) in [6.45, 7) is 5.92. The van der Waals surface area contributed by atoms with E-state index in [4.69, 9.17) is 4.42 Å². The van der Waals surface area contributed by atoms with Gasteiger partial charge in [0.2, 0.25) is 11.8 Å². The van der Waals surface area contributed by atoms with Crippen LogP contribution in [-0.4, -0.2) is 57.7 Å². The van der Waals surface area contributed by atoms with Gasteiger partial charge in [-0.05, 0) is 44.1 Å². The second-order valence-electron chi connectivity index (χ2n) is 5.98. The fraction of sp³-hybridized carbons (Fsp3) is 0.562. The Morgan fingerprint density at radius 2 is 2.14 bits per heavy atom. The molecule has 2 aromatic rings. The Bertz CT molecular complexity index is 585. The van der Waals surface area contributed by atoms with Crippen LogP contribution in [0.1, 0.15) is 23.8 Å². The number of pyridine rings is 1. The van der Waals surface area contributed by atoms with Crippen molar-refractivity contribution in [2.45, 2.75) is 32.4 Å². The van der Waals surface area contributed by atoms with Crippen molar-refractivity contribution in [2.75, 3.05) is 26.7 Å². The van der Waals surface area contributed by atoms with E-state index >= 15 is 0 Å². The van der Waals surface area contributed by atoms with E-state index in [1.165, 1.54) is 12.0 Å². The summed E-state index contributed by atoms with van der Waals surface area (Å²) >= 11 is 0. The van der Waals surface area contributed by atoms with Crippen molar-refractivity contribution >= 4 is 0 Å². The first kappa shape index (κ1) is 15.1. The van der Waals surface area contributed by atoms with E-state index in [9.17, 15) is 0 Å². The average molecular weight is 301 g/mol. The van der Waals surface area contributed by atoms with E-state index in [0.717, 1.165) is 32.6 Å². The summed E-state index contributed by atoms with van der Waals surface area (Å²) in [5.41, 5.74) is 1.35. The van der Waals surface area contributed by atoms with E-state index < -0.39 is 0 Å². The van der Waals surface area contributed by atoms with Crippen LogP contribution < -0.4 is 0 Å². The zero-order valence-electron chi connectivity index (χ0n) is 13.3. The van der Waals surface area contributed by atoms with Crippen molar-refractivity contribution in [3.05, 3.63) is 41.9 Å². The van der Waals surface area contributed by atoms with E-state index in [2.05, 4.69) is 44.2 Å². The highest BCUT2D eigenvalue weighted by Gasteiger charge is 2.26. The fourth-order valence-corrected chi connectivity index (χ4v) is 2.96. The van der Waals surface area contributed by atoms with Gasteiger partial charge in [-0.3, -0.25) is 9.88 Å². The van der Waals surface area contributed by atoms with Gasteiger partial charge in [0.1, 0.15) is 0 Å². The molecule has 0 radical (unpaired) electrons. The molecule has 0 amide bonds. The summed E-state index contributed by atoms with van der Waals surface area (Å²) in [6, 6.07) is 4.75. The van der Waals surface area contributed by atoms with Crippen LogP contribution in [0.2, 0.25) is 0 Å². The molecule has 1 aliphatic heterocycles. The number of aromatic nitrogens is 3. The summed E-state index contributed by atoms with van der Waals surface area (Å²) in [6.07, 6.45) is 6.01. The minimum Gasteiger partial charge on any atom is -0.424 e. The molecule has 0 aromatic carbocycles. The second-order valence-corrected chi connectivity index (χ2v) is 5.98. The van der Waals surface area contributed by atoms with Crippen LogP contribution in [0.15, 0.2) is 28.9 Å². The van der Waals surface area contributed by atoms with Crippen LogP contribution in [0.3, 0.4) is 0 Å². The highest BCUT2D eigenvalue weighted by atomic mass is 16.4. The van der Waals surface area contributed by atoms with Gasteiger partial charge >= 0.3 is 0 Å². The third kappa shape index (κ3) is 3.90. The summed E-state index contributed by atoms with van der Waals surface area (Å²) in [7, 11) is 2.14. The monoisotopic (exact) mass is 301 g/mol. The first-order valence-corrected chi connectivity index (χ1v) is 7.81. The van der Waals surface area contributed by atoms with Crippen molar-refractivity contribution < 1.29 is 4.42 Å². The number of aryl methyl sites for hydroxylation is 1. The molecular weight excluding hydrogens is 278 g/mol. The Hall–Kier alpha value is -1.79. The number of hydrogen-bond donors (Lipinski definition) is 0. The van der Waals surface area contributed by atoms with E-state index in [1.54, 1.807) is 0 Å². The molecule has 1 unspecified atom stereocenters. The fourth-order valence-electron chi connectivity index (χ4n) is 2.96. The second kappa shape index (κ2) is 6.98. The predicted octanol–water partition coefficient (Wildman–Crippen LogP) is 1.52. The standard InChI is InChI=1S/C16H23N5O/c1-13-18-19-16(22-13)12-20(2)15-6-10-21(11-15)9-5-14-3-7-17-8-4-14/h3-4,7-8,15H,5-6,9-12H2,1-2H3. The maximum absolute atomic E-state index is 5.46. The SMILES string of the molecule is Cc1nnc(CN(C)C2CCN(CCc3ccncc3)C2)o1. The average Bonchev–Trinajstić information content (AvgIpc) is 3.15. The predicted molar refractivity (Wildman–Crippen MR) is 83.3 cm³/mol. The van der Waals surface area contributed by atoms with Gasteiger partial charge in [-0.2, -0.15) is 0 Å². The van der Waals surface area contributed by atoms with Crippen molar-refractivity contribution in [1.29, 1.82) is 0 Å². The molecule has 3 heterocycles. The minimum absolute atomic E-state index is 0.560. The normalized spacial score (nSPS) is 19.1. The number of nitrogens with zero attached hydrogens (tertiary/aromatic N) is 5. The van der Waals surface area contributed by atoms with Gasteiger partial charge in [0, 0.05) is 38.4 Å². The smallest absolute Gasteiger partial charge is 0.230 e. The molecule has 1 aliphatic rings.